The largest absolute Gasteiger partial charge is 0.492 e. The van der Waals surface area contributed by atoms with Gasteiger partial charge in [0.05, 0.1) is 18.6 Å². The van der Waals surface area contributed by atoms with Crippen molar-refractivity contribution in [3.8, 4) is 28.2 Å². The van der Waals surface area contributed by atoms with E-state index in [1.54, 1.807) is 48.5 Å². The molecule has 7 nitrogen and oxygen atoms in total. The number of furan rings is 1. The maximum Gasteiger partial charge on any atom is 0.251 e. The molecule has 0 spiro atoms. The van der Waals surface area contributed by atoms with E-state index in [0.717, 1.165) is 0 Å². The summed E-state index contributed by atoms with van der Waals surface area (Å²) in [5, 5.41) is 3.46. The third kappa shape index (κ3) is 5.86. The summed E-state index contributed by atoms with van der Waals surface area (Å²) in [5.41, 5.74) is 8.33. The summed E-state index contributed by atoms with van der Waals surface area (Å²) in [6.45, 7) is 4.61. The summed E-state index contributed by atoms with van der Waals surface area (Å²) in [5.74, 6) is -0.0284. The van der Waals surface area contributed by atoms with E-state index in [1.165, 1.54) is 12.1 Å². The average Bonchev–Trinajstić information content (AvgIpc) is 3.25. The van der Waals surface area contributed by atoms with E-state index in [0.29, 0.717) is 69.0 Å². The summed E-state index contributed by atoms with van der Waals surface area (Å²) < 4.78 is 25.2. The van der Waals surface area contributed by atoms with E-state index in [-0.39, 0.29) is 18.9 Å². The molecule has 8 heteroatoms. The topological polar surface area (TPSA) is 112 Å². The molecule has 2 amide bonds. The molecular weight excluding hydrogens is 475 g/mol. The van der Waals surface area contributed by atoms with Crippen LogP contribution in [0.4, 0.5) is 4.39 Å². The Balaban J connectivity index is 1.79. The van der Waals surface area contributed by atoms with Gasteiger partial charge in [-0.25, -0.2) is 4.39 Å². The molecule has 37 heavy (non-hydrogen) atoms. The third-order valence-corrected chi connectivity index (χ3v) is 5.78. The summed E-state index contributed by atoms with van der Waals surface area (Å²) in [4.78, 5) is 36.0. The van der Waals surface area contributed by atoms with Gasteiger partial charge in [-0.3, -0.25) is 14.4 Å². The number of rotatable bonds is 10. The van der Waals surface area contributed by atoms with Crippen LogP contribution in [-0.4, -0.2) is 31.3 Å². The highest BCUT2D eigenvalue weighted by atomic mass is 19.1. The predicted octanol–water partition coefficient (Wildman–Crippen LogP) is 5.36. The Hall–Kier alpha value is -4.46. The lowest BCUT2D eigenvalue weighted by atomic mass is 9.98. The highest BCUT2D eigenvalue weighted by molar-refractivity contribution is 6.04. The molecule has 3 aromatic carbocycles. The minimum atomic E-state index is -0.491. The fourth-order valence-corrected chi connectivity index (χ4v) is 3.90. The van der Waals surface area contributed by atoms with E-state index in [1.807, 2.05) is 13.8 Å². The van der Waals surface area contributed by atoms with Gasteiger partial charge in [-0.05, 0) is 66.1 Å². The fourth-order valence-electron chi connectivity index (χ4n) is 3.90. The summed E-state index contributed by atoms with van der Waals surface area (Å²) in [6.07, 6.45) is 0.738. The predicted molar refractivity (Wildman–Crippen MR) is 139 cm³/mol. The van der Waals surface area contributed by atoms with E-state index in [2.05, 4.69) is 5.32 Å². The first kappa shape index (κ1) is 25.6. The number of ether oxygens (including phenoxy) is 1. The molecule has 1 heterocycles. The van der Waals surface area contributed by atoms with Crippen molar-refractivity contribution in [1.29, 1.82) is 0 Å². The molecule has 0 unspecified atom stereocenters. The number of nitrogens with two attached hydrogens (primary N) is 1. The van der Waals surface area contributed by atoms with E-state index in [4.69, 9.17) is 14.9 Å². The van der Waals surface area contributed by atoms with Gasteiger partial charge in [0.2, 0.25) is 5.91 Å². The van der Waals surface area contributed by atoms with Crippen LogP contribution in [0.5, 0.6) is 5.75 Å². The van der Waals surface area contributed by atoms with Gasteiger partial charge in [0.25, 0.3) is 5.91 Å². The van der Waals surface area contributed by atoms with E-state index in [9.17, 15) is 18.8 Å². The fraction of sp³-hybridized carbons (Fsp3) is 0.207. The smallest absolute Gasteiger partial charge is 0.251 e. The molecule has 0 bridgehead atoms. The lowest BCUT2D eigenvalue weighted by Gasteiger charge is -2.14. The van der Waals surface area contributed by atoms with Gasteiger partial charge in [0.1, 0.15) is 22.9 Å². The van der Waals surface area contributed by atoms with Crippen molar-refractivity contribution >= 4 is 29.1 Å². The Kier molecular flexibility index (Phi) is 7.67. The van der Waals surface area contributed by atoms with E-state index < -0.39 is 11.7 Å². The lowest BCUT2D eigenvalue weighted by Crippen LogP contribution is -2.27. The minimum absolute atomic E-state index is 0.0349. The van der Waals surface area contributed by atoms with Crippen LogP contribution in [0.2, 0.25) is 0 Å². The minimum Gasteiger partial charge on any atom is -0.492 e. The molecule has 0 aliphatic rings. The molecule has 0 aliphatic carbocycles. The van der Waals surface area contributed by atoms with Crippen LogP contribution in [0.1, 0.15) is 41.0 Å². The highest BCUT2D eigenvalue weighted by Crippen LogP contribution is 2.38. The molecule has 190 valence electrons. The van der Waals surface area contributed by atoms with Crippen LogP contribution in [0.15, 0.2) is 65.1 Å². The van der Waals surface area contributed by atoms with Crippen molar-refractivity contribution in [2.75, 3.05) is 13.2 Å². The molecule has 0 saturated heterocycles. The maximum absolute atomic E-state index is 13.4. The number of amides is 2. The second-order valence-electron chi connectivity index (χ2n) is 9.06. The number of nitrogens with one attached hydrogen (secondary N) is 1. The Bertz CT molecular complexity index is 1460. The molecule has 0 saturated carbocycles. The zero-order chi connectivity index (χ0) is 26.5. The number of benzene rings is 3. The van der Waals surface area contributed by atoms with Gasteiger partial charge in [-0.15, -0.1) is 0 Å². The van der Waals surface area contributed by atoms with Crippen LogP contribution in [-0.2, 0) is 4.79 Å². The first-order valence-electron chi connectivity index (χ1n) is 11.9. The number of halogens is 1. The first-order valence-corrected chi connectivity index (χ1v) is 11.9. The second kappa shape index (κ2) is 11.1. The normalized spacial score (nSPS) is 11.0. The standard InChI is InChI=1S/C29H27FN2O5/c1-17(2)15-32-29(35)20-6-9-25(36-12-11-27(31)34)22(14-20)19-5-10-26-23(13-19)24(16-33)28(37-26)18-3-7-21(30)8-4-18/h3-10,13-14,16-17H,11-12,15H2,1-2H3,(H2,31,34)(H,32,35). The lowest BCUT2D eigenvalue weighted by molar-refractivity contribution is -0.118. The second-order valence-corrected chi connectivity index (χ2v) is 9.06. The summed E-state index contributed by atoms with van der Waals surface area (Å²) in [7, 11) is 0. The Morgan fingerprint density at radius 1 is 1.05 bits per heavy atom. The summed E-state index contributed by atoms with van der Waals surface area (Å²) in [6, 6.07) is 16.0. The van der Waals surface area contributed by atoms with Crippen molar-refractivity contribution in [2.24, 2.45) is 11.7 Å². The number of fused-ring (bicyclic) bond motifs is 1. The van der Waals surface area contributed by atoms with Gasteiger partial charge in [-0.1, -0.05) is 19.9 Å². The monoisotopic (exact) mass is 502 g/mol. The third-order valence-electron chi connectivity index (χ3n) is 5.78. The Morgan fingerprint density at radius 3 is 2.46 bits per heavy atom. The zero-order valence-corrected chi connectivity index (χ0v) is 20.5. The first-order chi connectivity index (χ1) is 17.8. The van der Waals surface area contributed by atoms with Gasteiger partial charge in [0, 0.05) is 28.6 Å². The SMILES string of the molecule is CC(C)CNC(=O)c1ccc(OCCC(N)=O)c(-c2ccc3oc(-c4ccc(F)cc4)c(C=O)c3c2)c1. The number of aldehydes is 1. The molecule has 1 aromatic heterocycles. The number of carbonyl (C=O) groups is 3. The molecule has 0 atom stereocenters. The highest BCUT2D eigenvalue weighted by Gasteiger charge is 2.19. The molecule has 0 radical (unpaired) electrons. The van der Waals surface area contributed by atoms with Crippen molar-refractivity contribution in [1.82, 2.24) is 5.32 Å². The molecular formula is C29H27FN2O5. The number of hydrogen-bond donors (Lipinski definition) is 2. The van der Waals surface area contributed by atoms with Crippen LogP contribution < -0.4 is 15.8 Å². The number of carbonyl (C=O) groups excluding carboxylic acids is 3. The molecule has 3 N–H and O–H groups in total. The molecule has 0 fully saturated rings. The summed E-state index contributed by atoms with van der Waals surface area (Å²) >= 11 is 0. The van der Waals surface area contributed by atoms with Gasteiger partial charge in [-0.2, -0.15) is 0 Å². The Labute approximate surface area is 213 Å². The van der Waals surface area contributed by atoms with Crippen LogP contribution in [0, 0.1) is 11.7 Å². The quantitative estimate of drug-likeness (QED) is 0.284. The molecule has 4 rings (SSSR count). The van der Waals surface area contributed by atoms with Gasteiger partial charge in [0.15, 0.2) is 6.29 Å². The van der Waals surface area contributed by atoms with Crippen molar-refractivity contribution in [2.45, 2.75) is 20.3 Å². The van der Waals surface area contributed by atoms with Crippen molar-refractivity contribution < 1.29 is 27.9 Å². The molecule has 4 aromatic rings. The van der Waals surface area contributed by atoms with Crippen molar-refractivity contribution in [3.05, 3.63) is 77.6 Å². The molecule has 0 aliphatic heterocycles. The van der Waals surface area contributed by atoms with E-state index >= 15 is 0 Å². The number of hydrogen-bond acceptors (Lipinski definition) is 5. The van der Waals surface area contributed by atoms with Crippen molar-refractivity contribution in [3.63, 3.8) is 0 Å². The Morgan fingerprint density at radius 2 is 1.78 bits per heavy atom. The maximum atomic E-state index is 13.4. The van der Waals surface area contributed by atoms with Gasteiger partial charge < -0.3 is 20.2 Å². The van der Waals surface area contributed by atoms with Crippen LogP contribution in [0.25, 0.3) is 33.4 Å². The van der Waals surface area contributed by atoms with Gasteiger partial charge >= 0.3 is 0 Å². The van der Waals surface area contributed by atoms with Crippen LogP contribution in [0.3, 0.4) is 0 Å². The number of primary amides is 1. The zero-order valence-electron chi connectivity index (χ0n) is 20.5. The average molecular weight is 503 g/mol. The van der Waals surface area contributed by atoms with Crippen LogP contribution >= 0.6 is 0 Å².